The van der Waals surface area contributed by atoms with Gasteiger partial charge in [-0.25, -0.2) is 4.68 Å². The third-order valence-corrected chi connectivity index (χ3v) is 7.29. The first-order chi connectivity index (χ1) is 18.5. The lowest BCUT2D eigenvalue weighted by Gasteiger charge is -2.24. The van der Waals surface area contributed by atoms with E-state index in [2.05, 4.69) is 10.4 Å². The molecule has 1 aliphatic rings. The quantitative estimate of drug-likeness (QED) is 0.370. The Bertz CT molecular complexity index is 1390. The number of carbonyl (C=O) groups is 2. The van der Waals surface area contributed by atoms with E-state index in [9.17, 15) is 27.6 Å². The Morgan fingerprint density at radius 2 is 1.77 bits per heavy atom. The zero-order valence-corrected chi connectivity index (χ0v) is 21.5. The van der Waals surface area contributed by atoms with Crippen LogP contribution in [0.25, 0.3) is 0 Å². The molecule has 3 aromatic rings. The van der Waals surface area contributed by atoms with Crippen LogP contribution in [0.15, 0.2) is 59.4 Å². The van der Waals surface area contributed by atoms with Crippen LogP contribution in [-0.4, -0.2) is 26.8 Å². The second kappa shape index (κ2) is 11.8. The van der Waals surface area contributed by atoms with Crippen molar-refractivity contribution < 1.29 is 27.9 Å². The van der Waals surface area contributed by atoms with Gasteiger partial charge in [0.15, 0.2) is 5.69 Å². The predicted octanol–water partition coefficient (Wildman–Crippen LogP) is 5.55. The molecule has 0 aliphatic heterocycles. The van der Waals surface area contributed by atoms with E-state index in [0.29, 0.717) is 23.7 Å². The number of aliphatic carboxylic acids is 1. The molecule has 0 bridgehead atoms. The van der Waals surface area contributed by atoms with Crippen LogP contribution in [0.1, 0.15) is 66.0 Å². The summed E-state index contributed by atoms with van der Waals surface area (Å²) in [5.74, 6) is -1.34. The van der Waals surface area contributed by atoms with Crippen molar-refractivity contribution in [3.63, 3.8) is 0 Å². The van der Waals surface area contributed by atoms with Gasteiger partial charge in [0.25, 0.3) is 5.56 Å². The van der Waals surface area contributed by atoms with Gasteiger partial charge < -0.3 is 10.4 Å². The first-order valence-corrected chi connectivity index (χ1v) is 12.9. The second-order valence-corrected chi connectivity index (χ2v) is 9.95. The molecule has 1 unspecified atom stereocenters. The summed E-state index contributed by atoms with van der Waals surface area (Å²) in [4.78, 5) is 36.7. The normalized spacial score (nSPS) is 14.8. The molecule has 0 saturated heterocycles. The summed E-state index contributed by atoms with van der Waals surface area (Å²) >= 11 is 0. The van der Waals surface area contributed by atoms with Crippen molar-refractivity contribution in [1.82, 2.24) is 9.78 Å². The number of carboxylic acids is 1. The highest BCUT2D eigenvalue weighted by atomic mass is 19.4. The number of hydrogen-bond acceptors (Lipinski definition) is 4. The fourth-order valence-corrected chi connectivity index (χ4v) is 5.19. The highest BCUT2D eigenvalue weighted by Gasteiger charge is 2.34. The number of rotatable bonds is 9. The smallest absolute Gasteiger partial charge is 0.435 e. The summed E-state index contributed by atoms with van der Waals surface area (Å²) in [6.07, 6.45) is -0.433. The molecular formula is C29H30F3N3O4. The maximum Gasteiger partial charge on any atom is 0.435 e. The fraction of sp³-hybridized carbons (Fsp3) is 0.379. The van der Waals surface area contributed by atoms with E-state index < -0.39 is 29.3 Å². The average Bonchev–Trinajstić information content (AvgIpc) is 3.40. The van der Waals surface area contributed by atoms with Gasteiger partial charge in [-0.15, -0.1) is 0 Å². The minimum Gasteiger partial charge on any atom is -0.481 e. The van der Waals surface area contributed by atoms with Gasteiger partial charge in [-0.05, 0) is 66.5 Å². The Morgan fingerprint density at radius 1 is 1.08 bits per heavy atom. The van der Waals surface area contributed by atoms with Crippen LogP contribution in [0.5, 0.6) is 0 Å². The molecular weight excluding hydrogens is 511 g/mol. The number of carboxylic acid groups (broad SMARTS) is 1. The van der Waals surface area contributed by atoms with E-state index in [1.807, 2.05) is 13.0 Å². The van der Waals surface area contributed by atoms with E-state index in [1.54, 1.807) is 36.4 Å². The first kappa shape index (κ1) is 28.1. The van der Waals surface area contributed by atoms with Gasteiger partial charge in [0.05, 0.1) is 12.5 Å². The van der Waals surface area contributed by atoms with Crippen LogP contribution in [0.2, 0.25) is 0 Å². The van der Waals surface area contributed by atoms with Crippen molar-refractivity contribution in [3.05, 3.63) is 92.9 Å². The van der Waals surface area contributed by atoms with Gasteiger partial charge in [-0.3, -0.25) is 14.4 Å². The van der Waals surface area contributed by atoms with Crippen molar-refractivity contribution >= 4 is 17.6 Å². The van der Waals surface area contributed by atoms with Gasteiger partial charge in [-0.1, -0.05) is 49.2 Å². The van der Waals surface area contributed by atoms with E-state index in [4.69, 9.17) is 5.11 Å². The van der Waals surface area contributed by atoms with Crippen molar-refractivity contribution in [3.8, 4) is 0 Å². The summed E-state index contributed by atoms with van der Waals surface area (Å²) in [5.41, 5.74) is 1.90. The molecule has 1 aliphatic carbocycles. The summed E-state index contributed by atoms with van der Waals surface area (Å²) in [6.45, 7) is 1.72. The summed E-state index contributed by atoms with van der Waals surface area (Å²) in [5, 5.41) is 15.5. The van der Waals surface area contributed by atoms with Crippen LogP contribution < -0.4 is 10.9 Å². The molecule has 206 valence electrons. The number of aryl methyl sites for hydroxylation is 1. The third kappa shape index (κ3) is 6.93. The molecule has 7 nitrogen and oxygen atoms in total. The van der Waals surface area contributed by atoms with E-state index in [1.165, 1.54) is 0 Å². The van der Waals surface area contributed by atoms with Crippen molar-refractivity contribution in [2.75, 3.05) is 5.32 Å². The van der Waals surface area contributed by atoms with Gasteiger partial charge >= 0.3 is 12.1 Å². The Kier molecular flexibility index (Phi) is 8.52. The highest BCUT2D eigenvalue weighted by molar-refractivity contribution is 5.96. The number of hydrogen-bond donors (Lipinski definition) is 2. The minimum absolute atomic E-state index is 0.00255. The lowest BCUT2D eigenvalue weighted by Crippen LogP contribution is -2.27. The van der Waals surface area contributed by atoms with Crippen LogP contribution in [0, 0.1) is 12.8 Å². The average molecular weight is 542 g/mol. The second-order valence-electron chi connectivity index (χ2n) is 9.95. The van der Waals surface area contributed by atoms with Crippen LogP contribution in [0.3, 0.4) is 0 Å². The molecule has 4 rings (SSSR count). The number of nitrogens with one attached hydrogen (secondary N) is 1. The molecule has 2 aromatic carbocycles. The minimum atomic E-state index is -4.66. The molecule has 2 N–H and O–H groups in total. The maximum atomic E-state index is 13.6. The first-order valence-electron chi connectivity index (χ1n) is 12.9. The molecule has 10 heteroatoms. The van der Waals surface area contributed by atoms with Gasteiger partial charge in [0.2, 0.25) is 5.91 Å². The SMILES string of the molecule is Cc1c(CCC(=O)O)cccc1NC(=O)C(c1ccc(Cn2nc(C(F)(F)F)ccc2=O)cc1)C1CCCC1. The number of anilines is 1. The molecule has 1 fully saturated rings. The Balaban J connectivity index is 1.55. The lowest BCUT2D eigenvalue weighted by atomic mass is 9.83. The summed E-state index contributed by atoms with van der Waals surface area (Å²) in [7, 11) is 0. The van der Waals surface area contributed by atoms with Gasteiger partial charge in [0, 0.05) is 18.2 Å². The van der Waals surface area contributed by atoms with Crippen molar-refractivity contribution in [2.24, 2.45) is 5.92 Å². The zero-order valence-electron chi connectivity index (χ0n) is 21.5. The Hall–Kier alpha value is -3.95. The molecule has 0 radical (unpaired) electrons. The predicted molar refractivity (Wildman–Crippen MR) is 140 cm³/mol. The molecule has 39 heavy (non-hydrogen) atoms. The van der Waals surface area contributed by atoms with Gasteiger partial charge in [0.1, 0.15) is 0 Å². The molecule has 1 saturated carbocycles. The monoisotopic (exact) mass is 541 g/mol. The van der Waals surface area contributed by atoms with Crippen molar-refractivity contribution in [2.45, 2.75) is 64.1 Å². The number of halogens is 3. The number of nitrogens with zero attached hydrogens (tertiary/aromatic N) is 2. The Morgan fingerprint density at radius 3 is 2.41 bits per heavy atom. The highest BCUT2D eigenvalue weighted by Crippen LogP contribution is 2.38. The lowest BCUT2D eigenvalue weighted by molar-refractivity contribution is -0.142. The standard InChI is InChI=1S/C29H30F3N3O4/c1-18-20(13-16-26(37)38)7-4-8-23(18)33-28(39)27(21-5-2-3-6-21)22-11-9-19(10-12-22)17-35-25(36)15-14-24(34-35)29(30,31)32/h4,7-12,14-15,21,27H,2-3,5-6,13,16-17H2,1H3,(H,33,39)(H,37,38). The zero-order chi connectivity index (χ0) is 28.2. The number of alkyl halides is 3. The number of benzene rings is 2. The van der Waals surface area contributed by atoms with Crippen LogP contribution >= 0.6 is 0 Å². The molecule has 0 spiro atoms. The molecule has 1 heterocycles. The van der Waals surface area contributed by atoms with E-state index in [0.717, 1.165) is 53.1 Å². The maximum absolute atomic E-state index is 13.6. The Labute approximate surface area is 223 Å². The molecule has 1 amide bonds. The van der Waals surface area contributed by atoms with E-state index in [-0.39, 0.29) is 24.8 Å². The topological polar surface area (TPSA) is 101 Å². The third-order valence-electron chi connectivity index (χ3n) is 7.29. The van der Waals surface area contributed by atoms with Crippen molar-refractivity contribution in [1.29, 1.82) is 0 Å². The largest absolute Gasteiger partial charge is 0.481 e. The summed E-state index contributed by atoms with van der Waals surface area (Å²) < 4.78 is 39.9. The molecule has 1 atom stereocenters. The van der Waals surface area contributed by atoms with E-state index >= 15 is 0 Å². The van der Waals surface area contributed by atoms with Crippen LogP contribution in [-0.2, 0) is 28.7 Å². The summed E-state index contributed by atoms with van der Waals surface area (Å²) in [6, 6.07) is 13.9. The number of carbonyl (C=O) groups excluding carboxylic acids is 1. The number of aromatic nitrogens is 2. The van der Waals surface area contributed by atoms with Gasteiger partial charge in [-0.2, -0.15) is 18.3 Å². The molecule has 1 aromatic heterocycles. The number of amides is 1. The fourth-order valence-electron chi connectivity index (χ4n) is 5.19. The van der Waals surface area contributed by atoms with Crippen LogP contribution in [0.4, 0.5) is 18.9 Å².